The molecule has 0 aliphatic rings. The summed E-state index contributed by atoms with van der Waals surface area (Å²) in [6.45, 7) is 1.35. The van der Waals surface area contributed by atoms with Gasteiger partial charge < -0.3 is 9.30 Å². The molecule has 0 spiro atoms. The summed E-state index contributed by atoms with van der Waals surface area (Å²) in [7, 11) is 1.66. The van der Waals surface area contributed by atoms with Gasteiger partial charge in [0.1, 0.15) is 5.75 Å². The van der Waals surface area contributed by atoms with E-state index in [1.54, 1.807) is 19.6 Å². The highest BCUT2D eigenvalue weighted by molar-refractivity contribution is 7.22. The van der Waals surface area contributed by atoms with E-state index in [4.69, 9.17) is 9.72 Å². The summed E-state index contributed by atoms with van der Waals surface area (Å²) < 4.78 is 8.42. The van der Waals surface area contributed by atoms with E-state index in [2.05, 4.69) is 29.2 Å². The van der Waals surface area contributed by atoms with Crippen molar-refractivity contribution in [1.82, 2.24) is 14.5 Å². The summed E-state index contributed by atoms with van der Waals surface area (Å²) in [5.74, 6) is 0.804. The number of aryl methyl sites for hydroxylation is 1. The Morgan fingerprint density at radius 2 is 1.75 bits per heavy atom. The highest BCUT2D eigenvalue weighted by Gasteiger charge is 2.25. The number of anilines is 1. The van der Waals surface area contributed by atoms with Gasteiger partial charge in [-0.3, -0.25) is 9.69 Å². The quantitative estimate of drug-likeness (QED) is 0.233. The smallest absolute Gasteiger partial charge is 0.229 e. The molecule has 0 radical (unpaired) electrons. The molecule has 0 saturated carbocycles. The van der Waals surface area contributed by atoms with Crippen LogP contribution in [-0.4, -0.2) is 34.1 Å². The minimum absolute atomic E-state index is 0.0366. The number of ether oxygens (including phenoxy) is 1. The minimum atomic E-state index is -0.0366. The Kier molecular flexibility index (Phi) is 7.38. The molecule has 36 heavy (non-hydrogen) atoms. The molecule has 0 fully saturated rings. The maximum absolute atomic E-state index is 13.9. The van der Waals surface area contributed by atoms with Crippen LogP contribution in [0.2, 0.25) is 0 Å². The van der Waals surface area contributed by atoms with Gasteiger partial charge >= 0.3 is 0 Å². The van der Waals surface area contributed by atoms with E-state index >= 15 is 0 Å². The lowest BCUT2D eigenvalue weighted by Gasteiger charge is -2.24. The van der Waals surface area contributed by atoms with Crippen molar-refractivity contribution in [2.45, 2.75) is 25.3 Å². The number of carbonyl (C=O) groups is 1. The zero-order chi connectivity index (χ0) is 24.7. The van der Waals surface area contributed by atoms with Crippen molar-refractivity contribution in [2.75, 3.05) is 18.6 Å². The normalized spacial score (nSPS) is 11.2. The van der Waals surface area contributed by atoms with Gasteiger partial charge in [-0.25, -0.2) is 9.97 Å². The summed E-state index contributed by atoms with van der Waals surface area (Å²) in [5.41, 5.74) is 3.12. The third-order valence-electron chi connectivity index (χ3n) is 6.26. The van der Waals surface area contributed by atoms with Crippen molar-refractivity contribution in [3.05, 3.63) is 109 Å². The van der Waals surface area contributed by atoms with Crippen LogP contribution in [0.3, 0.4) is 0 Å². The Morgan fingerprint density at radius 3 is 2.39 bits per heavy atom. The van der Waals surface area contributed by atoms with Crippen molar-refractivity contribution in [2.24, 2.45) is 0 Å². The summed E-state index contributed by atoms with van der Waals surface area (Å²) in [6, 6.07) is 26.3. The highest BCUT2D eigenvalue weighted by Crippen LogP contribution is 2.34. The Hall–Kier alpha value is -3.97. The van der Waals surface area contributed by atoms with Crippen molar-refractivity contribution in [1.29, 1.82) is 0 Å². The second-order valence-corrected chi connectivity index (χ2v) is 9.62. The Labute approximate surface area is 214 Å². The van der Waals surface area contributed by atoms with Crippen LogP contribution in [0.4, 0.5) is 5.13 Å². The van der Waals surface area contributed by atoms with E-state index in [0.29, 0.717) is 18.1 Å². The van der Waals surface area contributed by atoms with Crippen LogP contribution in [0.25, 0.3) is 10.2 Å². The largest absolute Gasteiger partial charge is 0.497 e. The average molecular weight is 497 g/mol. The third kappa shape index (κ3) is 5.47. The lowest BCUT2D eigenvalue weighted by Crippen LogP contribution is -2.33. The molecule has 7 heteroatoms. The van der Waals surface area contributed by atoms with Gasteiger partial charge in [0.25, 0.3) is 0 Å². The van der Waals surface area contributed by atoms with Gasteiger partial charge in [-0.2, -0.15) is 0 Å². The lowest BCUT2D eigenvalue weighted by atomic mass is 9.88. The molecule has 0 atom stereocenters. The number of carbonyl (C=O) groups excluding carboxylic acids is 1. The maximum Gasteiger partial charge on any atom is 0.229 e. The molecule has 182 valence electrons. The first-order valence-electron chi connectivity index (χ1n) is 12.0. The van der Waals surface area contributed by atoms with Crippen molar-refractivity contribution in [3.8, 4) is 5.75 Å². The first kappa shape index (κ1) is 23.8. The molecule has 6 nitrogen and oxygen atoms in total. The molecule has 3 aromatic carbocycles. The van der Waals surface area contributed by atoms with Gasteiger partial charge in [-0.1, -0.05) is 72.0 Å². The van der Waals surface area contributed by atoms with Crippen LogP contribution >= 0.6 is 11.3 Å². The number of hydrogen-bond donors (Lipinski definition) is 0. The molecule has 1 amide bonds. The number of rotatable bonds is 10. The zero-order valence-corrected chi connectivity index (χ0v) is 21.0. The number of amides is 1. The summed E-state index contributed by atoms with van der Waals surface area (Å²) >= 11 is 1.52. The molecule has 0 aliphatic carbocycles. The molecule has 2 heterocycles. The molecular weight excluding hydrogens is 468 g/mol. The van der Waals surface area contributed by atoms with Gasteiger partial charge in [0, 0.05) is 37.8 Å². The van der Waals surface area contributed by atoms with Gasteiger partial charge in [0.2, 0.25) is 5.91 Å². The summed E-state index contributed by atoms with van der Waals surface area (Å²) in [6.07, 6.45) is 6.67. The Balaban J connectivity index is 1.44. The van der Waals surface area contributed by atoms with Crippen LogP contribution in [-0.2, 0) is 11.3 Å². The van der Waals surface area contributed by atoms with E-state index in [-0.39, 0.29) is 11.8 Å². The first-order chi connectivity index (χ1) is 17.7. The van der Waals surface area contributed by atoms with Gasteiger partial charge in [-0.15, -0.1) is 0 Å². The monoisotopic (exact) mass is 496 g/mol. The second kappa shape index (κ2) is 11.2. The Morgan fingerprint density at radius 1 is 1.03 bits per heavy atom. The van der Waals surface area contributed by atoms with Crippen molar-refractivity contribution < 1.29 is 9.53 Å². The maximum atomic E-state index is 13.9. The van der Waals surface area contributed by atoms with Crippen LogP contribution < -0.4 is 9.64 Å². The summed E-state index contributed by atoms with van der Waals surface area (Å²) in [4.78, 5) is 24.7. The summed E-state index contributed by atoms with van der Waals surface area (Å²) in [5, 5.41) is 0.716. The van der Waals surface area contributed by atoms with E-state index in [1.807, 2.05) is 70.3 Å². The van der Waals surface area contributed by atoms with Crippen LogP contribution in [0.5, 0.6) is 5.75 Å². The molecule has 0 saturated heterocycles. The van der Waals surface area contributed by atoms with Crippen molar-refractivity contribution in [3.63, 3.8) is 0 Å². The number of nitrogens with zero attached hydrogens (tertiary/aromatic N) is 4. The van der Waals surface area contributed by atoms with Crippen LogP contribution in [0.15, 0.2) is 97.6 Å². The zero-order valence-electron chi connectivity index (χ0n) is 20.2. The van der Waals surface area contributed by atoms with E-state index in [9.17, 15) is 4.79 Å². The van der Waals surface area contributed by atoms with Gasteiger partial charge in [0.05, 0.1) is 23.7 Å². The molecule has 0 unspecified atom stereocenters. The number of fused-ring (bicyclic) bond motifs is 1. The standard InChI is InChI=1S/C29H28N4O2S/c1-35-24-13-14-26-27(19-24)36-29(31-26)33(17-8-16-32-18-15-30-21-32)28(34)20-25(22-9-4-2-5-10-22)23-11-6-3-7-12-23/h2-7,9-15,18-19,21,25H,8,16-17,20H2,1H3. The molecule has 2 aromatic heterocycles. The number of imidazole rings is 1. The topological polar surface area (TPSA) is 60.2 Å². The highest BCUT2D eigenvalue weighted by atomic mass is 32.1. The van der Waals surface area contributed by atoms with Crippen LogP contribution in [0, 0.1) is 0 Å². The molecule has 5 rings (SSSR count). The number of methoxy groups -OCH3 is 1. The van der Waals surface area contributed by atoms with Crippen LogP contribution in [0.1, 0.15) is 29.9 Å². The second-order valence-electron chi connectivity index (χ2n) is 8.61. The number of aromatic nitrogens is 3. The molecular formula is C29H28N4O2S. The number of thiazole rings is 1. The molecule has 0 aliphatic heterocycles. The predicted octanol–water partition coefficient (Wildman–Crippen LogP) is 6.15. The number of hydrogen-bond acceptors (Lipinski definition) is 5. The lowest BCUT2D eigenvalue weighted by molar-refractivity contribution is -0.118. The van der Waals surface area contributed by atoms with Gasteiger partial charge in [-0.05, 0) is 35.7 Å². The third-order valence-corrected chi connectivity index (χ3v) is 7.30. The molecule has 0 N–H and O–H groups in total. The van der Waals surface area contributed by atoms with E-state index in [1.165, 1.54) is 11.3 Å². The predicted molar refractivity (Wildman–Crippen MR) is 145 cm³/mol. The average Bonchev–Trinajstić information content (AvgIpc) is 3.60. The van der Waals surface area contributed by atoms with Crippen molar-refractivity contribution >= 4 is 32.6 Å². The minimum Gasteiger partial charge on any atom is -0.497 e. The van der Waals surface area contributed by atoms with E-state index in [0.717, 1.165) is 40.1 Å². The number of benzene rings is 3. The molecule has 5 aromatic rings. The SMILES string of the molecule is COc1ccc2nc(N(CCCn3ccnc3)C(=O)CC(c3ccccc3)c3ccccc3)sc2c1. The fourth-order valence-corrected chi connectivity index (χ4v) is 5.41. The van der Waals surface area contributed by atoms with E-state index < -0.39 is 0 Å². The fourth-order valence-electron chi connectivity index (χ4n) is 4.38. The first-order valence-corrected chi connectivity index (χ1v) is 12.8. The Bertz CT molecular complexity index is 1360. The molecule has 0 bridgehead atoms. The fraction of sp³-hybridized carbons (Fsp3) is 0.207. The van der Waals surface area contributed by atoms with Gasteiger partial charge in [0.15, 0.2) is 5.13 Å².